The number of amides is 1. The Bertz CT molecular complexity index is 402. The van der Waals surface area contributed by atoms with Crippen LogP contribution in [0.4, 0.5) is 0 Å². The first-order valence-electron chi connectivity index (χ1n) is 6.15. The van der Waals surface area contributed by atoms with Crippen LogP contribution in [0.5, 0.6) is 5.75 Å². The second-order valence-corrected chi connectivity index (χ2v) is 4.64. The predicted octanol–water partition coefficient (Wildman–Crippen LogP) is 2.03. The minimum Gasteiger partial charge on any atom is -0.481 e. The zero-order valence-corrected chi connectivity index (χ0v) is 11.3. The molecule has 0 aliphatic heterocycles. The van der Waals surface area contributed by atoms with Gasteiger partial charge in [-0.15, -0.1) is 0 Å². The Kier molecular flexibility index (Phi) is 5.16. The fourth-order valence-electron chi connectivity index (χ4n) is 1.58. The van der Waals surface area contributed by atoms with Gasteiger partial charge in [-0.3, -0.25) is 4.79 Å². The highest BCUT2D eigenvalue weighted by atomic mass is 16.5. The average molecular weight is 251 g/mol. The molecule has 2 atom stereocenters. The van der Waals surface area contributed by atoms with Crippen LogP contribution in [0.1, 0.15) is 39.4 Å². The molecule has 0 heterocycles. The van der Waals surface area contributed by atoms with Crippen molar-refractivity contribution < 1.29 is 14.6 Å². The Morgan fingerprint density at radius 1 is 1.22 bits per heavy atom. The maximum Gasteiger partial charge on any atom is 0.260 e. The maximum atomic E-state index is 11.7. The lowest BCUT2D eigenvalue weighted by Gasteiger charge is -2.19. The summed E-state index contributed by atoms with van der Waals surface area (Å²) in [4.78, 5) is 11.7. The van der Waals surface area contributed by atoms with E-state index in [1.54, 1.807) is 26.0 Å². The monoisotopic (exact) mass is 251 g/mol. The normalized spacial score (nSPS) is 14.1. The molecular formula is C14H21NO3. The Hall–Kier alpha value is -1.55. The van der Waals surface area contributed by atoms with Gasteiger partial charge in [0.15, 0.2) is 6.10 Å². The van der Waals surface area contributed by atoms with Crippen molar-refractivity contribution in [1.29, 1.82) is 0 Å². The molecule has 1 aromatic carbocycles. The van der Waals surface area contributed by atoms with E-state index in [-0.39, 0.29) is 11.9 Å². The van der Waals surface area contributed by atoms with Crippen LogP contribution in [0.15, 0.2) is 24.3 Å². The maximum absolute atomic E-state index is 11.7. The van der Waals surface area contributed by atoms with Gasteiger partial charge in [-0.25, -0.2) is 0 Å². The summed E-state index contributed by atoms with van der Waals surface area (Å²) in [6.45, 7) is 7.15. The second-order valence-electron chi connectivity index (χ2n) is 4.64. The molecule has 1 rings (SSSR count). The minimum atomic E-state index is -0.624. The number of rotatable bonds is 5. The molecular weight excluding hydrogens is 230 g/mol. The molecule has 1 aromatic rings. The van der Waals surface area contributed by atoms with E-state index < -0.39 is 12.2 Å². The molecule has 18 heavy (non-hydrogen) atoms. The third kappa shape index (κ3) is 4.04. The number of para-hydroxylation sites is 1. The molecule has 100 valence electrons. The molecule has 0 aliphatic carbocycles. The van der Waals surface area contributed by atoms with Gasteiger partial charge in [0.1, 0.15) is 5.75 Å². The van der Waals surface area contributed by atoms with Crippen molar-refractivity contribution in [3.8, 4) is 5.75 Å². The van der Waals surface area contributed by atoms with E-state index in [0.29, 0.717) is 11.3 Å². The first-order chi connectivity index (χ1) is 8.41. The molecule has 0 saturated heterocycles. The van der Waals surface area contributed by atoms with Crippen molar-refractivity contribution in [2.24, 2.45) is 0 Å². The van der Waals surface area contributed by atoms with Gasteiger partial charge in [0.25, 0.3) is 5.91 Å². The van der Waals surface area contributed by atoms with Crippen LogP contribution in [-0.2, 0) is 4.79 Å². The van der Waals surface area contributed by atoms with Crippen LogP contribution in [0.25, 0.3) is 0 Å². The third-order valence-corrected chi connectivity index (χ3v) is 2.47. The molecule has 0 bridgehead atoms. The Morgan fingerprint density at radius 2 is 1.83 bits per heavy atom. The van der Waals surface area contributed by atoms with Crippen molar-refractivity contribution in [3.63, 3.8) is 0 Å². The zero-order chi connectivity index (χ0) is 13.7. The number of carbonyl (C=O) groups is 1. The highest BCUT2D eigenvalue weighted by Gasteiger charge is 2.17. The Morgan fingerprint density at radius 3 is 2.39 bits per heavy atom. The van der Waals surface area contributed by atoms with Crippen LogP contribution < -0.4 is 10.1 Å². The van der Waals surface area contributed by atoms with Gasteiger partial charge in [0, 0.05) is 11.6 Å². The van der Waals surface area contributed by atoms with Crippen molar-refractivity contribution in [3.05, 3.63) is 29.8 Å². The van der Waals surface area contributed by atoms with Crippen LogP contribution in [0, 0.1) is 0 Å². The SMILES string of the molecule is CC(C)NC(=O)C(C)Oc1ccccc1[C@H](C)O. The lowest BCUT2D eigenvalue weighted by atomic mass is 10.1. The molecule has 0 aliphatic rings. The van der Waals surface area contributed by atoms with Gasteiger partial charge in [0.05, 0.1) is 6.10 Å². The summed E-state index contributed by atoms with van der Waals surface area (Å²) in [7, 11) is 0. The van der Waals surface area contributed by atoms with Crippen molar-refractivity contribution in [2.45, 2.75) is 45.9 Å². The number of nitrogens with one attached hydrogen (secondary N) is 1. The van der Waals surface area contributed by atoms with Crippen molar-refractivity contribution in [2.75, 3.05) is 0 Å². The van der Waals surface area contributed by atoms with Crippen LogP contribution in [-0.4, -0.2) is 23.2 Å². The van der Waals surface area contributed by atoms with Gasteiger partial charge in [-0.05, 0) is 33.8 Å². The van der Waals surface area contributed by atoms with E-state index >= 15 is 0 Å². The van der Waals surface area contributed by atoms with Gasteiger partial charge in [-0.1, -0.05) is 18.2 Å². The zero-order valence-electron chi connectivity index (χ0n) is 11.3. The van der Waals surface area contributed by atoms with Gasteiger partial charge in [-0.2, -0.15) is 0 Å². The summed E-state index contributed by atoms with van der Waals surface area (Å²) < 4.78 is 5.60. The average Bonchev–Trinajstić information content (AvgIpc) is 2.28. The molecule has 1 amide bonds. The fraction of sp³-hybridized carbons (Fsp3) is 0.500. The van der Waals surface area contributed by atoms with Crippen molar-refractivity contribution >= 4 is 5.91 Å². The first-order valence-corrected chi connectivity index (χ1v) is 6.15. The fourth-order valence-corrected chi connectivity index (χ4v) is 1.58. The summed E-state index contributed by atoms with van der Waals surface area (Å²) in [5, 5.41) is 12.4. The molecule has 4 nitrogen and oxygen atoms in total. The second kappa shape index (κ2) is 6.40. The standard InChI is InChI=1S/C14H21NO3/c1-9(2)15-14(17)11(4)18-13-8-6-5-7-12(13)10(3)16/h5-11,16H,1-4H3,(H,15,17)/t10-,11?/m0/s1. The van der Waals surface area contributed by atoms with Crippen LogP contribution in [0.3, 0.4) is 0 Å². The summed E-state index contributed by atoms with van der Waals surface area (Å²) in [5.74, 6) is 0.379. The molecule has 0 spiro atoms. The minimum absolute atomic E-state index is 0.0792. The first kappa shape index (κ1) is 14.5. The lowest BCUT2D eigenvalue weighted by Crippen LogP contribution is -2.40. The van der Waals surface area contributed by atoms with E-state index in [1.807, 2.05) is 26.0 Å². The number of benzene rings is 1. The van der Waals surface area contributed by atoms with E-state index in [4.69, 9.17) is 4.74 Å². The molecule has 1 unspecified atom stereocenters. The summed E-state index contributed by atoms with van der Waals surface area (Å²) >= 11 is 0. The topological polar surface area (TPSA) is 58.6 Å². The quantitative estimate of drug-likeness (QED) is 0.842. The molecule has 0 fully saturated rings. The number of carbonyl (C=O) groups excluding carboxylic acids is 1. The number of aliphatic hydroxyl groups is 1. The van der Waals surface area contributed by atoms with E-state index in [1.165, 1.54) is 0 Å². The molecule has 2 N–H and O–H groups in total. The molecule has 0 radical (unpaired) electrons. The molecule has 4 heteroatoms. The van der Waals surface area contributed by atoms with E-state index in [9.17, 15) is 9.90 Å². The number of aliphatic hydroxyl groups excluding tert-OH is 1. The Balaban J connectivity index is 2.75. The lowest BCUT2D eigenvalue weighted by molar-refractivity contribution is -0.127. The highest BCUT2D eigenvalue weighted by Crippen LogP contribution is 2.25. The molecule has 0 aromatic heterocycles. The van der Waals surface area contributed by atoms with Gasteiger partial charge >= 0.3 is 0 Å². The Labute approximate surface area is 108 Å². The van der Waals surface area contributed by atoms with Gasteiger partial charge in [0.2, 0.25) is 0 Å². The molecule has 0 saturated carbocycles. The van der Waals surface area contributed by atoms with Crippen LogP contribution in [0.2, 0.25) is 0 Å². The summed E-state index contributed by atoms with van der Waals surface area (Å²) in [5.41, 5.74) is 0.682. The largest absolute Gasteiger partial charge is 0.481 e. The summed E-state index contributed by atoms with van der Waals surface area (Å²) in [6, 6.07) is 7.26. The van der Waals surface area contributed by atoms with E-state index in [2.05, 4.69) is 5.32 Å². The summed E-state index contributed by atoms with van der Waals surface area (Å²) in [6.07, 6.45) is -1.21. The van der Waals surface area contributed by atoms with Crippen LogP contribution >= 0.6 is 0 Å². The number of hydrogen-bond donors (Lipinski definition) is 2. The number of ether oxygens (including phenoxy) is 1. The predicted molar refractivity (Wildman–Crippen MR) is 70.4 cm³/mol. The third-order valence-electron chi connectivity index (χ3n) is 2.47. The van der Waals surface area contributed by atoms with Gasteiger partial charge < -0.3 is 15.2 Å². The number of hydrogen-bond acceptors (Lipinski definition) is 3. The smallest absolute Gasteiger partial charge is 0.260 e. The van der Waals surface area contributed by atoms with Crippen molar-refractivity contribution in [1.82, 2.24) is 5.32 Å². The highest BCUT2D eigenvalue weighted by molar-refractivity contribution is 5.80. The van der Waals surface area contributed by atoms with E-state index in [0.717, 1.165) is 0 Å².